The lowest BCUT2D eigenvalue weighted by atomic mass is 10.0. The highest BCUT2D eigenvalue weighted by molar-refractivity contribution is 5.85. The highest BCUT2D eigenvalue weighted by Gasteiger charge is 2.27. The number of rotatable bonds is 3. The first-order valence-electron chi connectivity index (χ1n) is 8.78. The molecule has 1 saturated heterocycles. The van der Waals surface area contributed by atoms with E-state index in [4.69, 9.17) is 5.10 Å². The molecule has 6 heteroatoms. The molecule has 0 aromatic carbocycles. The van der Waals surface area contributed by atoms with Crippen molar-refractivity contribution in [2.24, 2.45) is 0 Å². The Hall–Kier alpha value is -1.43. The smallest absolute Gasteiger partial charge is 0.0641 e. The number of nitrogens with zero attached hydrogens (tertiary/aromatic N) is 4. The number of halogens is 1. The van der Waals surface area contributed by atoms with Crippen LogP contribution in [0.25, 0.3) is 0 Å². The molecule has 1 fully saturated rings. The summed E-state index contributed by atoms with van der Waals surface area (Å²) >= 11 is 0. The van der Waals surface area contributed by atoms with E-state index < -0.39 is 0 Å². The molecule has 2 aromatic rings. The molecule has 138 valence electrons. The Bertz CT molecular complexity index is 690. The van der Waals surface area contributed by atoms with Crippen LogP contribution in [0.2, 0.25) is 0 Å². The van der Waals surface area contributed by atoms with E-state index in [0.717, 1.165) is 31.9 Å². The van der Waals surface area contributed by atoms with Crippen LogP contribution in [-0.2, 0) is 12.1 Å². The van der Waals surface area contributed by atoms with Gasteiger partial charge in [-0.05, 0) is 52.3 Å². The molecular weight excluding hydrogens is 334 g/mol. The van der Waals surface area contributed by atoms with E-state index in [1.165, 1.54) is 16.8 Å². The van der Waals surface area contributed by atoms with Crippen LogP contribution in [0.4, 0.5) is 0 Å². The second-order valence-corrected chi connectivity index (χ2v) is 7.70. The average molecular weight is 364 g/mol. The van der Waals surface area contributed by atoms with E-state index >= 15 is 0 Å². The predicted molar refractivity (Wildman–Crippen MR) is 104 cm³/mol. The van der Waals surface area contributed by atoms with Crippen molar-refractivity contribution in [3.05, 3.63) is 47.0 Å². The van der Waals surface area contributed by atoms with Crippen LogP contribution in [0.15, 0.2) is 24.5 Å². The van der Waals surface area contributed by atoms with Gasteiger partial charge in [0.2, 0.25) is 0 Å². The van der Waals surface area contributed by atoms with Crippen LogP contribution < -0.4 is 5.32 Å². The van der Waals surface area contributed by atoms with Crippen LogP contribution in [-0.4, -0.2) is 39.3 Å². The van der Waals surface area contributed by atoms with E-state index in [9.17, 15) is 0 Å². The first kappa shape index (κ1) is 19.9. The molecule has 0 aliphatic carbocycles. The summed E-state index contributed by atoms with van der Waals surface area (Å²) in [5.41, 5.74) is 5.14. The van der Waals surface area contributed by atoms with Gasteiger partial charge in [0.05, 0.1) is 11.2 Å². The second-order valence-electron chi connectivity index (χ2n) is 7.70. The number of aryl methyl sites for hydroxylation is 1. The third-order valence-corrected chi connectivity index (χ3v) is 4.88. The highest BCUT2D eigenvalue weighted by atomic mass is 35.5. The minimum absolute atomic E-state index is 0. The number of piperazine rings is 1. The summed E-state index contributed by atoms with van der Waals surface area (Å²) in [6, 6.07) is 4.64. The number of hydrogen-bond acceptors (Lipinski definition) is 4. The molecule has 0 bridgehead atoms. The van der Waals surface area contributed by atoms with Gasteiger partial charge in [0.15, 0.2) is 0 Å². The average Bonchev–Trinajstić information content (AvgIpc) is 2.84. The molecule has 2 aromatic heterocycles. The van der Waals surface area contributed by atoms with Crippen molar-refractivity contribution in [3.63, 3.8) is 0 Å². The lowest BCUT2D eigenvalue weighted by Gasteiger charge is -2.36. The van der Waals surface area contributed by atoms with Crippen molar-refractivity contribution in [3.8, 4) is 0 Å². The Kier molecular flexibility index (Phi) is 6.25. The molecule has 1 atom stereocenters. The number of nitrogens with one attached hydrogen (secondary N) is 1. The zero-order valence-electron chi connectivity index (χ0n) is 15.9. The van der Waals surface area contributed by atoms with Gasteiger partial charge in [-0.1, -0.05) is 0 Å². The molecule has 1 aliphatic heterocycles. The van der Waals surface area contributed by atoms with Crippen molar-refractivity contribution >= 4 is 12.4 Å². The fourth-order valence-corrected chi connectivity index (χ4v) is 3.61. The van der Waals surface area contributed by atoms with Gasteiger partial charge in [0.25, 0.3) is 0 Å². The summed E-state index contributed by atoms with van der Waals surface area (Å²) in [5.74, 6) is 0. The molecule has 3 heterocycles. The standard InChI is InChI=1S/C19H29N5.ClH/c1-14-17(15(2)24(22-14)19(3,4)5)13-23-11-10-21-12-18(23)16-6-8-20-9-7-16;/h6-9,18,21H,10-13H2,1-5H3;1H. The van der Waals surface area contributed by atoms with Crippen LogP contribution in [0, 0.1) is 13.8 Å². The zero-order chi connectivity index (χ0) is 17.3. The summed E-state index contributed by atoms with van der Waals surface area (Å²) < 4.78 is 2.17. The molecule has 1 aliphatic rings. The predicted octanol–water partition coefficient (Wildman–Crippen LogP) is 3.22. The van der Waals surface area contributed by atoms with Crippen LogP contribution in [0.5, 0.6) is 0 Å². The molecule has 0 amide bonds. The van der Waals surface area contributed by atoms with Gasteiger partial charge in [-0.2, -0.15) is 5.10 Å². The maximum Gasteiger partial charge on any atom is 0.0641 e. The Labute approximate surface area is 157 Å². The summed E-state index contributed by atoms with van der Waals surface area (Å²) in [5, 5.41) is 8.33. The molecule has 0 saturated carbocycles. The Morgan fingerprint density at radius 2 is 1.88 bits per heavy atom. The molecule has 1 unspecified atom stereocenters. The second kappa shape index (κ2) is 7.85. The third-order valence-electron chi connectivity index (χ3n) is 4.88. The summed E-state index contributed by atoms with van der Waals surface area (Å²) in [4.78, 5) is 6.72. The molecule has 0 radical (unpaired) electrons. The highest BCUT2D eigenvalue weighted by Crippen LogP contribution is 2.27. The Balaban J connectivity index is 0.00000225. The largest absolute Gasteiger partial charge is 0.314 e. The van der Waals surface area contributed by atoms with E-state index in [1.807, 2.05) is 12.4 Å². The summed E-state index contributed by atoms with van der Waals surface area (Å²) in [6.07, 6.45) is 3.77. The summed E-state index contributed by atoms with van der Waals surface area (Å²) in [6.45, 7) is 15.0. The van der Waals surface area contributed by atoms with Crippen molar-refractivity contribution < 1.29 is 0 Å². The van der Waals surface area contributed by atoms with Crippen molar-refractivity contribution in [1.82, 2.24) is 25.0 Å². The van der Waals surface area contributed by atoms with Crippen molar-refractivity contribution in [1.29, 1.82) is 0 Å². The number of pyridine rings is 1. The first-order valence-corrected chi connectivity index (χ1v) is 8.78. The van der Waals surface area contributed by atoms with Crippen LogP contribution in [0.1, 0.15) is 49.3 Å². The lowest BCUT2D eigenvalue weighted by molar-refractivity contribution is 0.153. The zero-order valence-corrected chi connectivity index (χ0v) is 16.7. The number of aromatic nitrogens is 3. The Morgan fingerprint density at radius 1 is 1.20 bits per heavy atom. The molecule has 25 heavy (non-hydrogen) atoms. The molecule has 3 rings (SSSR count). The lowest BCUT2D eigenvalue weighted by Crippen LogP contribution is -2.45. The number of hydrogen-bond donors (Lipinski definition) is 1. The maximum atomic E-state index is 4.81. The van der Waals surface area contributed by atoms with Gasteiger partial charge >= 0.3 is 0 Å². The first-order chi connectivity index (χ1) is 11.4. The van der Waals surface area contributed by atoms with E-state index in [1.54, 1.807) is 0 Å². The van der Waals surface area contributed by atoms with E-state index in [0.29, 0.717) is 6.04 Å². The van der Waals surface area contributed by atoms with Gasteiger partial charge in [-0.15, -0.1) is 12.4 Å². The van der Waals surface area contributed by atoms with Crippen molar-refractivity contribution in [2.75, 3.05) is 19.6 Å². The SMILES string of the molecule is Cc1nn(C(C)(C)C)c(C)c1CN1CCNCC1c1ccncc1.Cl. The van der Waals surface area contributed by atoms with Gasteiger partial charge in [0, 0.05) is 55.9 Å². The van der Waals surface area contributed by atoms with Gasteiger partial charge in [0.1, 0.15) is 0 Å². The fraction of sp³-hybridized carbons (Fsp3) is 0.579. The maximum absolute atomic E-state index is 4.81. The molecule has 0 spiro atoms. The van der Waals surface area contributed by atoms with Gasteiger partial charge in [-0.3, -0.25) is 14.6 Å². The Morgan fingerprint density at radius 3 is 2.48 bits per heavy atom. The van der Waals surface area contributed by atoms with Crippen molar-refractivity contribution in [2.45, 2.75) is 52.7 Å². The minimum atomic E-state index is 0. The monoisotopic (exact) mass is 363 g/mol. The van der Waals surface area contributed by atoms with Gasteiger partial charge in [-0.25, -0.2) is 0 Å². The van der Waals surface area contributed by atoms with Gasteiger partial charge < -0.3 is 5.32 Å². The molecule has 1 N–H and O–H groups in total. The third kappa shape index (κ3) is 4.22. The summed E-state index contributed by atoms with van der Waals surface area (Å²) in [7, 11) is 0. The minimum Gasteiger partial charge on any atom is -0.314 e. The normalized spacial score (nSPS) is 18.8. The topological polar surface area (TPSA) is 46.0 Å². The molecule has 5 nitrogen and oxygen atoms in total. The quantitative estimate of drug-likeness (QED) is 0.909. The molecular formula is C19H30ClN5. The van der Waals surface area contributed by atoms with Crippen LogP contribution >= 0.6 is 12.4 Å². The van der Waals surface area contributed by atoms with Crippen LogP contribution in [0.3, 0.4) is 0 Å². The van der Waals surface area contributed by atoms with E-state index in [2.05, 4.69) is 66.6 Å². The fourth-order valence-electron chi connectivity index (χ4n) is 3.61. The van der Waals surface area contributed by atoms with E-state index in [-0.39, 0.29) is 17.9 Å².